The van der Waals surface area contributed by atoms with Gasteiger partial charge in [-0.1, -0.05) is 62.0 Å². The largest absolute Gasteiger partial charge is 0.462 e. The molecule has 0 radical (unpaired) electrons. The minimum atomic E-state index is -0.464. The van der Waals surface area contributed by atoms with Crippen LogP contribution in [0.2, 0.25) is 10.0 Å². The lowest BCUT2D eigenvalue weighted by atomic mass is 9.84. The van der Waals surface area contributed by atoms with Crippen molar-refractivity contribution in [1.82, 2.24) is 5.32 Å². The van der Waals surface area contributed by atoms with Gasteiger partial charge >= 0.3 is 5.97 Å². The molecule has 1 amide bonds. The second-order valence-electron chi connectivity index (χ2n) is 6.27. The first-order valence-electron chi connectivity index (χ1n) is 8.50. The minimum Gasteiger partial charge on any atom is -0.462 e. The van der Waals surface area contributed by atoms with Crippen LogP contribution >= 0.6 is 23.2 Å². The smallest absolute Gasteiger partial charge is 0.336 e. The molecule has 136 valence electrons. The predicted octanol–water partition coefficient (Wildman–Crippen LogP) is 4.85. The van der Waals surface area contributed by atoms with Crippen LogP contribution in [0.3, 0.4) is 0 Å². The first kappa shape index (κ1) is 19.8. The van der Waals surface area contributed by atoms with E-state index in [2.05, 4.69) is 19.2 Å². The van der Waals surface area contributed by atoms with Crippen molar-refractivity contribution in [2.45, 2.75) is 46.0 Å². The van der Waals surface area contributed by atoms with Gasteiger partial charge in [0.2, 0.25) is 5.91 Å². The van der Waals surface area contributed by atoms with Gasteiger partial charge in [-0.3, -0.25) is 4.79 Å². The second kappa shape index (κ2) is 8.72. The van der Waals surface area contributed by atoms with Gasteiger partial charge in [0.1, 0.15) is 0 Å². The van der Waals surface area contributed by atoms with Crippen LogP contribution in [0.15, 0.2) is 29.5 Å². The Kier molecular flexibility index (Phi) is 6.91. The number of hydrogen-bond donors (Lipinski definition) is 1. The monoisotopic (exact) mass is 383 g/mol. The summed E-state index contributed by atoms with van der Waals surface area (Å²) >= 11 is 12.4. The Hall–Kier alpha value is -1.52. The summed E-state index contributed by atoms with van der Waals surface area (Å²) < 4.78 is 5.53. The van der Waals surface area contributed by atoms with Crippen LogP contribution in [0.25, 0.3) is 0 Å². The van der Waals surface area contributed by atoms with Crippen molar-refractivity contribution in [3.8, 4) is 0 Å². The summed E-state index contributed by atoms with van der Waals surface area (Å²) in [6, 6.07) is 5.23. The van der Waals surface area contributed by atoms with Gasteiger partial charge < -0.3 is 10.1 Å². The van der Waals surface area contributed by atoms with Crippen molar-refractivity contribution in [3.63, 3.8) is 0 Å². The fourth-order valence-electron chi connectivity index (χ4n) is 3.02. The van der Waals surface area contributed by atoms with E-state index in [-0.39, 0.29) is 12.3 Å². The quantitative estimate of drug-likeness (QED) is 0.714. The zero-order chi connectivity index (χ0) is 18.6. The van der Waals surface area contributed by atoms with Gasteiger partial charge in [0.15, 0.2) is 0 Å². The summed E-state index contributed by atoms with van der Waals surface area (Å²) in [5.74, 6) is -0.703. The lowest BCUT2D eigenvalue weighted by molar-refractivity contribution is -0.141. The van der Waals surface area contributed by atoms with E-state index in [1.54, 1.807) is 25.1 Å². The standard InChI is InChI=1S/C19H23Cl2NO3/c1-4-12(5-2)10-25-19(24)17-11(3)22-16(23)9-14(17)13-7-6-8-15(20)18(13)21/h6-8,12,14H,4-5,9-10H2,1-3H3,(H,22,23). The summed E-state index contributed by atoms with van der Waals surface area (Å²) in [6.45, 7) is 6.21. The molecule has 1 aromatic rings. The molecule has 1 heterocycles. The maximum atomic E-state index is 12.7. The zero-order valence-corrected chi connectivity index (χ0v) is 16.2. The molecule has 4 nitrogen and oxygen atoms in total. The molecule has 0 saturated heterocycles. The fraction of sp³-hybridized carbons (Fsp3) is 0.474. The Morgan fingerprint density at radius 2 is 2.00 bits per heavy atom. The van der Waals surface area contributed by atoms with Crippen molar-refractivity contribution in [3.05, 3.63) is 45.1 Å². The highest BCUT2D eigenvalue weighted by Crippen LogP contribution is 2.39. The molecule has 1 unspecified atom stereocenters. The number of esters is 1. The number of benzene rings is 1. The van der Waals surface area contributed by atoms with Crippen LogP contribution in [0.5, 0.6) is 0 Å². The van der Waals surface area contributed by atoms with Gasteiger partial charge in [-0.15, -0.1) is 0 Å². The Labute approximate surface area is 158 Å². The van der Waals surface area contributed by atoms with Crippen LogP contribution in [-0.2, 0) is 14.3 Å². The third-order valence-electron chi connectivity index (χ3n) is 4.65. The van der Waals surface area contributed by atoms with Crippen molar-refractivity contribution in [1.29, 1.82) is 0 Å². The van der Waals surface area contributed by atoms with Crippen LogP contribution in [0, 0.1) is 5.92 Å². The highest BCUT2D eigenvalue weighted by molar-refractivity contribution is 6.42. The maximum absolute atomic E-state index is 12.7. The lowest BCUT2D eigenvalue weighted by Gasteiger charge is -2.27. The first-order chi connectivity index (χ1) is 11.9. The molecule has 1 aliphatic heterocycles. The van der Waals surface area contributed by atoms with Gasteiger partial charge in [-0.05, 0) is 24.5 Å². The average molecular weight is 384 g/mol. The number of ether oxygens (including phenoxy) is 1. The zero-order valence-electron chi connectivity index (χ0n) is 14.7. The third kappa shape index (κ3) is 4.56. The summed E-state index contributed by atoms with van der Waals surface area (Å²) in [5.41, 5.74) is 1.61. The van der Waals surface area contributed by atoms with Crippen LogP contribution in [0.4, 0.5) is 0 Å². The highest BCUT2D eigenvalue weighted by atomic mass is 35.5. The number of carbonyl (C=O) groups excluding carboxylic acids is 2. The molecule has 0 bridgehead atoms. The molecule has 1 aromatic carbocycles. The van der Waals surface area contributed by atoms with Gasteiger partial charge in [0.05, 0.1) is 22.2 Å². The molecule has 2 rings (SSSR count). The van der Waals surface area contributed by atoms with E-state index in [1.807, 2.05) is 0 Å². The summed E-state index contributed by atoms with van der Waals surface area (Å²) in [5, 5.41) is 3.48. The molecule has 6 heteroatoms. The van der Waals surface area contributed by atoms with E-state index in [0.717, 1.165) is 12.8 Å². The molecule has 1 atom stereocenters. The Balaban J connectivity index is 2.34. The van der Waals surface area contributed by atoms with Gasteiger partial charge in [-0.2, -0.15) is 0 Å². The first-order valence-corrected chi connectivity index (χ1v) is 9.26. The van der Waals surface area contributed by atoms with Crippen molar-refractivity contribution in [2.75, 3.05) is 6.61 Å². The van der Waals surface area contributed by atoms with E-state index in [1.165, 1.54) is 0 Å². The number of amides is 1. The number of hydrogen-bond acceptors (Lipinski definition) is 3. The van der Waals surface area contributed by atoms with Crippen molar-refractivity contribution < 1.29 is 14.3 Å². The SMILES string of the molecule is CCC(CC)COC(=O)C1=C(C)NC(=O)CC1c1cccc(Cl)c1Cl. The summed E-state index contributed by atoms with van der Waals surface area (Å²) in [7, 11) is 0. The van der Waals surface area contributed by atoms with E-state index in [4.69, 9.17) is 27.9 Å². The van der Waals surface area contributed by atoms with E-state index < -0.39 is 11.9 Å². The maximum Gasteiger partial charge on any atom is 0.336 e. The van der Waals surface area contributed by atoms with E-state index in [0.29, 0.717) is 39.4 Å². The van der Waals surface area contributed by atoms with Crippen molar-refractivity contribution in [2.24, 2.45) is 5.92 Å². The summed E-state index contributed by atoms with van der Waals surface area (Å²) in [4.78, 5) is 24.7. The second-order valence-corrected chi connectivity index (χ2v) is 7.05. The Morgan fingerprint density at radius 1 is 1.32 bits per heavy atom. The van der Waals surface area contributed by atoms with Crippen molar-refractivity contribution >= 4 is 35.1 Å². The molecule has 1 N–H and O–H groups in total. The van der Waals surface area contributed by atoms with E-state index >= 15 is 0 Å². The summed E-state index contributed by atoms with van der Waals surface area (Å²) in [6.07, 6.45) is 2.02. The molecule has 0 aliphatic carbocycles. The van der Waals surface area contributed by atoms with Crippen LogP contribution in [-0.4, -0.2) is 18.5 Å². The van der Waals surface area contributed by atoms with E-state index in [9.17, 15) is 9.59 Å². The number of nitrogens with one attached hydrogen (secondary N) is 1. The van der Waals surface area contributed by atoms with Gasteiger partial charge in [0, 0.05) is 18.0 Å². The minimum absolute atomic E-state index is 0.132. The van der Waals surface area contributed by atoms with Crippen LogP contribution < -0.4 is 5.32 Å². The van der Waals surface area contributed by atoms with Gasteiger partial charge in [-0.25, -0.2) is 4.79 Å². The predicted molar refractivity (Wildman–Crippen MR) is 99.7 cm³/mol. The molecule has 0 saturated carbocycles. The highest BCUT2D eigenvalue weighted by Gasteiger charge is 2.34. The topological polar surface area (TPSA) is 55.4 Å². The fourth-order valence-corrected chi connectivity index (χ4v) is 3.46. The number of halogens is 2. The molecule has 0 fully saturated rings. The normalized spacial score (nSPS) is 17.7. The lowest BCUT2D eigenvalue weighted by Crippen LogP contribution is -2.34. The van der Waals surface area contributed by atoms with Gasteiger partial charge in [0.25, 0.3) is 0 Å². The Morgan fingerprint density at radius 3 is 2.64 bits per heavy atom. The average Bonchev–Trinajstić information content (AvgIpc) is 2.57. The molecular formula is C19H23Cl2NO3. The molecular weight excluding hydrogens is 361 g/mol. The third-order valence-corrected chi connectivity index (χ3v) is 5.48. The van der Waals surface area contributed by atoms with Crippen LogP contribution in [0.1, 0.15) is 51.5 Å². The molecule has 0 aromatic heterocycles. The number of carbonyl (C=O) groups is 2. The Bertz CT molecular complexity index is 696. The number of allylic oxidation sites excluding steroid dienone is 1. The molecule has 0 spiro atoms. The number of rotatable bonds is 6. The molecule has 25 heavy (non-hydrogen) atoms. The molecule has 1 aliphatic rings.